The van der Waals surface area contributed by atoms with E-state index in [-0.39, 0.29) is 0 Å². The van der Waals surface area contributed by atoms with Crippen molar-refractivity contribution in [3.8, 4) is 0 Å². The molecule has 1 aliphatic heterocycles. The molecule has 15 heavy (non-hydrogen) atoms. The maximum Gasteiger partial charge on any atom is 0.00955 e. The highest BCUT2D eigenvalue weighted by molar-refractivity contribution is 4.84. The molecule has 2 rings (SSSR count). The fourth-order valence-electron chi connectivity index (χ4n) is 3.27. The molecule has 0 aromatic rings. The van der Waals surface area contributed by atoms with Gasteiger partial charge in [0.25, 0.3) is 0 Å². The number of likely N-dealkylation sites (tertiary alicyclic amines) is 1. The molecule has 0 bridgehead atoms. The van der Waals surface area contributed by atoms with Crippen molar-refractivity contribution in [1.29, 1.82) is 0 Å². The second kappa shape index (κ2) is 5.31. The minimum Gasteiger partial charge on any atom is -0.330 e. The van der Waals surface area contributed by atoms with Crippen molar-refractivity contribution in [1.82, 2.24) is 4.90 Å². The minimum absolute atomic E-state index is 0.825. The van der Waals surface area contributed by atoms with Crippen molar-refractivity contribution >= 4 is 0 Å². The Morgan fingerprint density at radius 2 is 1.80 bits per heavy atom. The molecule has 1 atom stereocenters. The number of hydrogen-bond donors (Lipinski definition) is 1. The Kier molecular flexibility index (Phi) is 4.04. The summed E-state index contributed by atoms with van der Waals surface area (Å²) in [6, 6.07) is 0.893. The molecule has 2 nitrogen and oxygen atoms in total. The summed E-state index contributed by atoms with van der Waals surface area (Å²) in [6.45, 7) is 5.97. The highest BCUT2D eigenvalue weighted by Gasteiger charge is 2.29. The molecule has 1 aliphatic carbocycles. The summed E-state index contributed by atoms with van der Waals surface area (Å²) in [6.07, 6.45) is 8.35. The largest absolute Gasteiger partial charge is 0.330 e. The molecule has 0 radical (unpaired) electrons. The molecule has 0 aromatic carbocycles. The average molecular weight is 210 g/mol. The maximum absolute atomic E-state index is 5.73. The van der Waals surface area contributed by atoms with Crippen molar-refractivity contribution in [2.75, 3.05) is 19.6 Å². The van der Waals surface area contributed by atoms with Crippen LogP contribution in [0.4, 0.5) is 0 Å². The first-order chi connectivity index (χ1) is 7.33. The summed E-state index contributed by atoms with van der Waals surface area (Å²) >= 11 is 0. The van der Waals surface area contributed by atoms with Gasteiger partial charge < -0.3 is 10.6 Å². The van der Waals surface area contributed by atoms with Crippen LogP contribution in [0.1, 0.15) is 45.4 Å². The highest BCUT2D eigenvalue weighted by Crippen LogP contribution is 2.30. The number of nitrogens with two attached hydrogens (primary N) is 1. The topological polar surface area (TPSA) is 29.3 Å². The molecule has 2 heteroatoms. The van der Waals surface area contributed by atoms with Crippen molar-refractivity contribution in [2.24, 2.45) is 17.6 Å². The second-order valence-electron chi connectivity index (χ2n) is 5.47. The zero-order valence-corrected chi connectivity index (χ0v) is 10.1. The van der Waals surface area contributed by atoms with Gasteiger partial charge in [0.1, 0.15) is 0 Å². The summed E-state index contributed by atoms with van der Waals surface area (Å²) in [4.78, 5) is 2.75. The Balaban J connectivity index is 1.76. The Hall–Kier alpha value is -0.0800. The molecule has 0 amide bonds. The molecule has 88 valence electrons. The standard InChI is InChI=1S/C13H26N2/c1-2-11-7-8-15(10-11)13-5-3-12(9-14)4-6-13/h11-13H,2-10,14H2,1H3. The lowest BCUT2D eigenvalue weighted by atomic mass is 9.85. The first kappa shape index (κ1) is 11.4. The predicted octanol–water partition coefficient (Wildman–Crippen LogP) is 2.24. The van der Waals surface area contributed by atoms with Gasteiger partial charge in [0.2, 0.25) is 0 Å². The fourth-order valence-corrected chi connectivity index (χ4v) is 3.27. The first-order valence-electron chi connectivity index (χ1n) is 6.77. The maximum atomic E-state index is 5.73. The molecule has 0 spiro atoms. The van der Waals surface area contributed by atoms with Gasteiger partial charge in [0, 0.05) is 12.6 Å². The normalized spacial score (nSPS) is 38.4. The van der Waals surface area contributed by atoms with E-state index in [1.165, 1.54) is 51.6 Å². The van der Waals surface area contributed by atoms with Crippen LogP contribution >= 0.6 is 0 Å². The zero-order chi connectivity index (χ0) is 10.7. The Labute approximate surface area is 94.2 Å². The van der Waals surface area contributed by atoms with Crippen LogP contribution in [0.3, 0.4) is 0 Å². The molecule has 2 aliphatic rings. The lowest BCUT2D eigenvalue weighted by Gasteiger charge is -2.34. The Bertz CT molecular complexity index is 185. The van der Waals surface area contributed by atoms with Crippen LogP contribution in [-0.4, -0.2) is 30.6 Å². The molecular formula is C13H26N2. The minimum atomic E-state index is 0.825. The molecular weight excluding hydrogens is 184 g/mol. The van der Waals surface area contributed by atoms with Gasteiger partial charge in [0.15, 0.2) is 0 Å². The van der Waals surface area contributed by atoms with E-state index in [2.05, 4.69) is 11.8 Å². The van der Waals surface area contributed by atoms with Crippen molar-refractivity contribution in [3.05, 3.63) is 0 Å². The van der Waals surface area contributed by atoms with Crippen LogP contribution in [0.5, 0.6) is 0 Å². The van der Waals surface area contributed by atoms with Gasteiger partial charge in [-0.1, -0.05) is 13.3 Å². The van der Waals surface area contributed by atoms with Gasteiger partial charge in [-0.15, -0.1) is 0 Å². The molecule has 1 heterocycles. The van der Waals surface area contributed by atoms with E-state index in [0.717, 1.165) is 24.4 Å². The monoisotopic (exact) mass is 210 g/mol. The summed E-state index contributed by atoms with van der Waals surface area (Å²) in [7, 11) is 0. The third kappa shape index (κ3) is 2.73. The average Bonchev–Trinajstić information content (AvgIpc) is 2.78. The van der Waals surface area contributed by atoms with E-state index in [4.69, 9.17) is 5.73 Å². The molecule has 1 saturated carbocycles. The van der Waals surface area contributed by atoms with Gasteiger partial charge in [-0.3, -0.25) is 0 Å². The van der Waals surface area contributed by atoms with Gasteiger partial charge in [-0.2, -0.15) is 0 Å². The smallest absolute Gasteiger partial charge is 0.00955 e. The van der Waals surface area contributed by atoms with Crippen LogP contribution in [0.2, 0.25) is 0 Å². The summed E-state index contributed by atoms with van der Waals surface area (Å²) < 4.78 is 0. The van der Waals surface area contributed by atoms with Gasteiger partial charge in [0.05, 0.1) is 0 Å². The number of rotatable bonds is 3. The van der Waals surface area contributed by atoms with E-state index in [1.54, 1.807) is 0 Å². The molecule has 1 saturated heterocycles. The van der Waals surface area contributed by atoms with Crippen molar-refractivity contribution in [2.45, 2.75) is 51.5 Å². The third-order valence-electron chi connectivity index (χ3n) is 4.56. The lowest BCUT2D eigenvalue weighted by Crippen LogP contribution is -2.37. The van der Waals surface area contributed by atoms with Gasteiger partial charge in [-0.05, 0) is 57.0 Å². The molecule has 2 fully saturated rings. The Morgan fingerprint density at radius 3 is 2.33 bits per heavy atom. The number of nitrogens with zero attached hydrogens (tertiary/aromatic N) is 1. The van der Waals surface area contributed by atoms with Crippen molar-refractivity contribution < 1.29 is 0 Å². The molecule has 2 N–H and O–H groups in total. The van der Waals surface area contributed by atoms with E-state index in [9.17, 15) is 0 Å². The fraction of sp³-hybridized carbons (Fsp3) is 1.00. The van der Waals surface area contributed by atoms with Gasteiger partial charge >= 0.3 is 0 Å². The third-order valence-corrected chi connectivity index (χ3v) is 4.56. The second-order valence-corrected chi connectivity index (χ2v) is 5.47. The van der Waals surface area contributed by atoms with E-state index < -0.39 is 0 Å². The van der Waals surface area contributed by atoms with Crippen molar-refractivity contribution in [3.63, 3.8) is 0 Å². The van der Waals surface area contributed by atoms with E-state index in [1.807, 2.05) is 0 Å². The first-order valence-corrected chi connectivity index (χ1v) is 6.77. The SMILES string of the molecule is CCC1CCN(C2CCC(CN)CC2)C1. The summed E-state index contributed by atoms with van der Waals surface area (Å²) in [5.74, 6) is 1.81. The van der Waals surface area contributed by atoms with E-state index in [0.29, 0.717) is 0 Å². The summed E-state index contributed by atoms with van der Waals surface area (Å²) in [5, 5.41) is 0. The highest BCUT2D eigenvalue weighted by atomic mass is 15.2. The van der Waals surface area contributed by atoms with Gasteiger partial charge in [-0.25, -0.2) is 0 Å². The van der Waals surface area contributed by atoms with Crippen LogP contribution in [0.15, 0.2) is 0 Å². The number of hydrogen-bond acceptors (Lipinski definition) is 2. The van der Waals surface area contributed by atoms with Crippen LogP contribution in [0.25, 0.3) is 0 Å². The molecule has 0 aromatic heterocycles. The quantitative estimate of drug-likeness (QED) is 0.774. The van der Waals surface area contributed by atoms with Crippen LogP contribution < -0.4 is 5.73 Å². The molecule has 1 unspecified atom stereocenters. The summed E-state index contributed by atoms with van der Waals surface area (Å²) in [5.41, 5.74) is 5.73. The predicted molar refractivity (Wildman–Crippen MR) is 64.8 cm³/mol. The Morgan fingerprint density at radius 1 is 1.07 bits per heavy atom. The lowest BCUT2D eigenvalue weighted by molar-refractivity contribution is 0.161. The van der Waals surface area contributed by atoms with E-state index >= 15 is 0 Å². The zero-order valence-electron chi connectivity index (χ0n) is 10.1. The van der Waals surface area contributed by atoms with Crippen LogP contribution in [-0.2, 0) is 0 Å². The van der Waals surface area contributed by atoms with Crippen LogP contribution in [0, 0.1) is 11.8 Å².